The number of H-pyrrole nitrogens is 1. The van der Waals surface area contributed by atoms with Crippen molar-refractivity contribution in [2.75, 3.05) is 6.54 Å². The molecule has 3 heterocycles. The van der Waals surface area contributed by atoms with E-state index in [0.29, 0.717) is 38.1 Å². The zero-order valence-corrected chi connectivity index (χ0v) is 21.4. The van der Waals surface area contributed by atoms with Crippen LogP contribution in [0.5, 0.6) is 0 Å². The molecule has 8 heteroatoms. The fourth-order valence-electron chi connectivity index (χ4n) is 5.26. The topological polar surface area (TPSA) is 104 Å². The van der Waals surface area contributed by atoms with E-state index < -0.39 is 23.8 Å². The lowest BCUT2D eigenvalue weighted by molar-refractivity contribution is -0.154. The molecule has 1 fully saturated rings. The minimum Gasteiger partial charge on any atom is -0.444 e. The number of nitrogens with one attached hydrogen (secondary N) is 3. The fraction of sp³-hybridized carbons (Fsp3) is 0.593. The first-order chi connectivity index (χ1) is 16.5. The molecular weight excluding hydrogens is 444 g/mol. The number of carbonyl (C=O) groups is 3. The van der Waals surface area contributed by atoms with Gasteiger partial charge < -0.3 is 25.3 Å². The molecule has 2 aliphatic heterocycles. The van der Waals surface area contributed by atoms with Gasteiger partial charge in [-0.1, -0.05) is 32.0 Å². The van der Waals surface area contributed by atoms with Gasteiger partial charge in [0.2, 0.25) is 11.8 Å². The van der Waals surface area contributed by atoms with Crippen molar-refractivity contribution in [2.24, 2.45) is 5.92 Å². The van der Waals surface area contributed by atoms with E-state index in [1.807, 2.05) is 37.8 Å². The summed E-state index contributed by atoms with van der Waals surface area (Å²) in [5.74, 6) is 0.281. The summed E-state index contributed by atoms with van der Waals surface area (Å²) < 4.78 is 5.25. The molecule has 3 amide bonds. The Morgan fingerprint density at radius 3 is 2.66 bits per heavy atom. The number of aromatic nitrogens is 1. The van der Waals surface area contributed by atoms with Gasteiger partial charge >= 0.3 is 6.09 Å². The zero-order chi connectivity index (χ0) is 25.3. The molecule has 3 N–H and O–H groups in total. The number of carbonyl (C=O) groups excluding carboxylic acids is 3. The van der Waals surface area contributed by atoms with Crippen molar-refractivity contribution in [2.45, 2.75) is 90.4 Å². The maximum absolute atomic E-state index is 13.7. The highest BCUT2D eigenvalue weighted by Gasteiger charge is 2.48. The van der Waals surface area contributed by atoms with E-state index >= 15 is 0 Å². The summed E-state index contributed by atoms with van der Waals surface area (Å²) in [5, 5.41) is 6.87. The first-order valence-electron chi connectivity index (χ1n) is 12.7. The minimum absolute atomic E-state index is 0.00958. The monoisotopic (exact) mass is 482 g/mol. The smallest absolute Gasteiger partial charge is 0.407 e. The summed E-state index contributed by atoms with van der Waals surface area (Å²) in [5.41, 5.74) is 2.74. The number of hydrogen-bond acceptors (Lipinski definition) is 4. The average Bonchev–Trinajstić information content (AvgIpc) is 3.14. The lowest BCUT2D eigenvalue weighted by Crippen LogP contribution is -2.65. The molecule has 0 saturated carbocycles. The van der Waals surface area contributed by atoms with Gasteiger partial charge in [0.25, 0.3) is 0 Å². The molecular formula is C27H38N4O4. The van der Waals surface area contributed by atoms with Crippen molar-refractivity contribution in [1.29, 1.82) is 0 Å². The Balaban J connectivity index is 1.45. The van der Waals surface area contributed by atoms with Crippen LogP contribution in [0.1, 0.15) is 77.6 Å². The Kier molecular flexibility index (Phi) is 7.10. The summed E-state index contributed by atoms with van der Waals surface area (Å²) in [6, 6.07) is 6.98. The molecule has 0 aliphatic carbocycles. The number of benzene rings is 1. The van der Waals surface area contributed by atoms with Crippen LogP contribution < -0.4 is 10.6 Å². The Hall–Kier alpha value is -3.03. The van der Waals surface area contributed by atoms with Crippen molar-refractivity contribution in [3.05, 3.63) is 35.5 Å². The predicted molar refractivity (Wildman–Crippen MR) is 135 cm³/mol. The molecule has 190 valence electrons. The normalized spacial score (nSPS) is 22.1. The molecule has 0 spiro atoms. The molecule has 1 saturated heterocycles. The number of amides is 3. The average molecular weight is 483 g/mol. The lowest BCUT2D eigenvalue weighted by atomic mass is 9.85. The molecule has 0 radical (unpaired) electrons. The van der Waals surface area contributed by atoms with Gasteiger partial charge in [0, 0.05) is 29.6 Å². The van der Waals surface area contributed by atoms with E-state index in [0.717, 1.165) is 28.6 Å². The van der Waals surface area contributed by atoms with Crippen molar-refractivity contribution in [1.82, 2.24) is 20.5 Å². The largest absolute Gasteiger partial charge is 0.444 e. The number of hydrogen-bond donors (Lipinski definition) is 3. The lowest BCUT2D eigenvalue weighted by Gasteiger charge is -2.47. The highest BCUT2D eigenvalue weighted by Crippen LogP contribution is 2.41. The van der Waals surface area contributed by atoms with Gasteiger partial charge in [-0.25, -0.2) is 4.79 Å². The Labute approximate surface area is 207 Å². The van der Waals surface area contributed by atoms with Crippen LogP contribution in [0.15, 0.2) is 24.3 Å². The van der Waals surface area contributed by atoms with Crippen molar-refractivity contribution in [3.8, 4) is 0 Å². The molecule has 2 aliphatic rings. The summed E-state index contributed by atoms with van der Waals surface area (Å²) in [4.78, 5) is 44.1. The second-order valence-electron chi connectivity index (χ2n) is 11.2. The summed E-state index contributed by atoms with van der Waals surface area (Å²) in [6.07, 6.45) is 2.82. The van der Waals surface area contributed by atoms with Gasteiger partial charge in [0.1, 0.15) is 17.7 Å². The van der Waals surface area contributed by atoms with Crippen LogP contribution in [0.25, 0.3) is 10.9 Å². The third-order valence-electron chi connectivity index (χ3n) is 6.70. The molecule has 3 atom stereocenters. The first-order valence-corrected chi connectivity index (χ1v) is 12.7. The highest BCUT2D eigenvalue weighted by atomic mass is 16.6. The molecule has 0 bridgehead atoms. The summed E-state index contributed by atoms with van der Waals surface area (Å²) >= 11 is 0. The molecule has 35 heavy (non-hydrogen) atoms. The maximum Gasteiger partial charge on any atom is 0.407 e. The molecule has 0 unspecified atom stereocenters. The Morgan fingerprint density at radius 1 is 1.20 bits per heavy atom. The molecule has 1 aromatic carbocycles. The Morgan fingerprint density at radius 2 is 1.94 bits per heavy atom. The molecule has 2 aromatic rings. The van der Waals surface area contributed by atoms with E-state index in [9.17, 15) is 14.4 Å². The van der Waals surface area contributed by atoms with E-state index in [1.54, 1.807) is 0 Å². The quantitative estimate of drug-likeness (QED) is 0.515. The van der Waals surface area contributed by atoms with Crippen molar-refractivity contribution in [3.63, 3.8) is 0 Å². The molecule has 4 rings (SSSR count). The van der Waals surface area contributed by atoms with Gasteiger partial charge in [-0.3, -0.25) is 9.59 Å². The number of aromatic amines is 1. The van der Waals surface area contributed by atoms with Gasteiger partial charge in [-0.2, -0.15) is 0 Å². The van der Waals surface area contributed by atoms with E-state index in [2.05, 4.69) is 41.6 Å². The van der Waals surface area contributed by atoms with E-state index in [4.69, 9.17) is 4.74 Å². The van der Waals surface area contributed by atoms with Gasteiger partial charge in [0.05, 0.1) is 6.04 Å². The van der Waals surface area contributed by atoms with Crippen LogP contribution in [0.2, 0.25) is 0 Å². The van der Waals surface area contributed by atoms with Gasteiger partial charge in [-0.15, -0.1) is 0 Å². The predicted octanol–water partition coefficient (Wildman–Crippen LogP) is 4.20. The minimum atomic E-state index is -0.541. The first kappa shape index (κ1) is 25.1. The SMILES string of the molecule is CC(C)C[C@H]1c2[nH]c3ccccc3c2C[C@H]2C(=O)N[C@@H](CCCCNC(=O)OC(C)(C)C)C(=O)N21. The number of para-hydroxylation sites is 1. The van der Waals surface area contributed by atoms with Gasteiger partial charge in [0.15, 0.2) is 0 Å². The summed E-state index contributed by atoms with van der Waals surface area (Å²) in [6.45, 7) is 10.2. The number of nitrogens with zero attached hydrogens (tertiary/aromatic N) is 1. The Bertz CT molecular complexity index is 1100. The third-order valence-corrected chi connectivity index (χ3v) is 6.70. The summed E-state index contributed by atoms with van der Waals surface area (Å²) in [7, 11) is 0. The van der Waals surface area contributed by atoms with Crippen molar-refractivity contribution < 1.29 is 19.1 Å². The van der Waals surface area contributed by atoms with E-state index in [1.165, 1.54) is 0 Å². The number of piperazine rings is 1. The number of fused-ring (bicyclic) bond motifs is 4. The van der Waals surface area contributed by atoms with Crippen LogP contribution in [0, 0.1) is 5.92 Å². The molecule has 8 nitrogen and oxygen atoms in total. The second-order valence-corrected chi connectivity index (χ2v) is 11.2. The van der Waals surface area contributed by atoms with Gasteiger partial charge in [-0.05, 0) is 64.0 Å². The van der Waals surface area contributed by atoms with Crippen LogP contribution in [0.3, 0.4) is 0 Å². The van der Waals surface area contributed by atoms with Crippen LogP contribution in [-0.4, -0.2) is 52.0 Å². The van der Waals surface area contributed by atoms with E-state index in [-0.39, 0.29) is 17.9 Å². The standard InChI is InChI=1S/C27H38N4O4/c1-16(2)14-21-23-18(17-10-6-7-11-19(17)29-23)15-22-24(32)30-20(25(33)31(21)22)12-8-9-13-28-26(34)35-27(3,4)5/h6-7,10-11,16,20-22,29H,8-9,12-15H2,1-5H3,(H,28,34)(H,30,32)/t20-,21-,22-/m0/s1. The number of rotatable bonds is 7. The third kappa shape index (κ3) is 5.46. The van der Waals surface area contributed by atoms with Crippen molar-refractivity contribution >= 4 is 28.8 Å². The molecule has 1 aromatic heterocycles. The number of alkyl carbamates (subject to hydrolysis) is 1. The van der Waals surface area contributed by atoms with Crippen LogP contribution in [-0.2, 0) is 20.7 Å². The zero-order valence-electron chi connectivity index (χ0n) is 21.4. The maximum atomic E-state index is 13.7. The van der Waals surface area contributed by atoms with Crippen LogP contribution in [0.4, 0.5) is 4.79 Å². The number of ether oxygens (including phenoxy) is 1. The van der Waals surface area contributed by atoms with Crippen LogP contribution >= 0.6 is 0 Å². The fourth-order valence-corrected chi connectivity index (χ4v) is 5.26. The number of unbranched alkanes of at least 4 members (excludes halogenated alkanes) is 1. The second kappa shape index (κ2) is 9.91. The highest BCUT2D eigenvalue weighted by molar-refractivity contribution is 5.99.